The van der Waals surface area contributed by atoms with Crippen LogP contribution in [0, 0.1) is 13.8 Å². The first-order valence-electron chi connectivity index (χ1n) is 13.0. The number of aryl methyl sites for hydroxylation is 1. The van der Waals surface area contributed by atoms with Gasteiger partial charge in [0.15, 0.2) is 17.2 Å². The third-order valence-corrected chi connectivity index (χ3v) is 7.11. The highest BCUT2D eigenvalue weighted by Gasteiger charge is 2.49. The van der Waals surface area contributed by atoms with Gasteiger partial charge in [0, 0.05) is 36.9 Å². The molecule has 1 unspecified atom stereocenters. The summed E-state index contributed by atoms with van der Waals surface area (Å²) in [5, 5.41) is 3.02. The molecule has 11 nitrogen and oxygen atoms in total. The predicted molar refractivity (Wildman–Crippen MR) is 149 cm³/mol. The molecule has 12 heteroatoms. The van der Waals surface area contributed by atoms with E-state index in [0.717, 1.165) is 0 Å². The monoisotopic (exact) mass is 577 g/mol. The summed E-state index contributed by atoms with van der Waals surface area (Å²) >= 11 is 6.58. The average Bonchev–Trinajstić information content (AvgIpc) is 3.24. The number of carbonyl (C=O) groups is 2. The minimum atomic E-state index is -1.21. The van der Waals surface area contributed by atoms with Crippen molar-refractivity contribution in [2.75, 3.05) is 25.7 Å². The zero-order chi connectivity index (χ0) is 29.6. The number of anilines is 1. The molecule has 4 rings (SSSR count). The normalized spacial score (nSPS) is 22.0. The van der Waals surface area contributed by atoms with Crippen LogP contribution >= 0.6 is 11.6 Å². The highest BCUT2D eigenvalue weighted by atomic mass is 35.5. The summed E-state index contributed by atoms with van der Waals surface area (Å²) < 4.78 is 29.2. The van der Waals surface area contributed by atoms with Crippen LogP contribution in [0.3, 0.4) is 0 Å². The van der Waals surface area contributed by atoms with Gasteiger partial charge in [0.25, 0.3) is 17.3 Å². The number of alkyl carbamates (subject to hydrolysis) is 1. The van der Waals surface area contributed by atoms with Crippen molar-refractivity contribution in [2.24, 2.45) is 0 Å². The number of nitrogens with zero attached hydrogens (tertiary/aromatic N) is 1. The lowest BCUT2D eigenvalue weighted by molar-refractivity contribution is -0.185. The number of halogens is 1. The first-order valence-corrected chi connectivity index (χ1v) is 13.4. The number of pyridine rings is 1. The number of rotatable bonds is 5. The molecule has 1 aromatic heterocycles. The largest absolute Gasteiger partial charge is 0.494 e. The van der Waals surface area contributed by atoms with E-state index in [9.17, 15) is 14.4 Å². The summed E-state index contributed by atoms with van der Waals surface area (Å²) in [5.74, 6) is -0.781. The second-order valence-corrected chi connectivity index (χ2v) is 11.6. The molecule has 1 saturated heterocycles. The van der Waals surface area contributed by atoms with E-state index >= 15 is 0 Å². The van der Waals surface area contributed by atoms with Gasteiger partial charge in [-0.25, -0.2) is 4.79 Å². The topological polar surface area (TPSA) is 128 Å². The van der Waals surface area contributed by atoms with Crippen LogP contribution in [0.25, 0.3) is 0 Å². The molecule has 0 radical (unpaired) electrons. The van der Waals surface area contributed by atoms with Crippen LogP contribution < -0.4 is 30.0 Å². The number of hydrogen-bond donors (Lipinski definition) is 2. The molecule has 1 fully saturated rings. The molecule has 1 aromatic carbocycles. The van der Waals surface area contributed by atoms with E-state index in [2.05, 4.69) is 10.3 Å². The number of benzene rings is 1. The van der Waals surface area contributed by atoms with Gasteiger partial charge in [0.05, 0.1) is 24.8 Å². The lowest BCUT2D eigenvalue weighted by Gasteiger charge is -2.37. The lowest BCUT2D eigenvalue weighted by atomic mass is 9.99. The van der Waals surface area contributed by atoms with Gasteiger partial charge in [0.2, 0.25) is 0 Å². The van der Waals surface area contributed by atoms with Crippen LogP contribution in [0.15, 0.2) is 16.9 Å². The summed E-state index contributed by atoms with van der Waals surface area (Å²) in [6.45, 7) is 10.9. The highest BCUT2D eigenvalue weighted by Crippen LogP contribution is 2.50. The maximum atomic E-state index is 13.6. The van der Waals surface area contributed by atoms with E-state index in [4.69, 9.17) is 35.3 Å². The first-order chi connectivity index (χ1) is 18.6. The Labute approximate surface area is 238 Å². The van der Waals surface area contributed by atoms with E-state index in [1.165, 1.54) is 25.1 Å². The number of amides is 2. The first kappa shape index (κ1) is 29.5. The Bertz CT molecular complexity index is 1380. The van der Waals surface area contributed by atoms with E-state index in [1.807, 2.05) is 0 Å². The van der Waals surface area contributed by atoms with Gasteiger partial charge in [-0.05, 0) is 53.5 Å². The van der Waals surface area contributed by atoms with E-state index < -0.39 is 35.1 Å². The Morgan fingerprint density at radius 3 is 2.45 bits per heavy atom. The third-order valence-electron chi connectivity index (χ3n) is 6.83. The fraction of sp³-hybridized carbons (Fsp3) is 0.536. The van der Waals surface area contributed by atoms with Crippen molar-refractivity contribution in [3.63, 3.8) is 0 Å². The van der Waals surface area contributed by atoms with Crippen molar-refractivity contribution >= 4 is 29.3 Å². The zero-order valence-electron chi connectivity index (χ0n) is 24.0. The number of nitrogens with one attached hydrogen (secondary N) is 2. The van der Waals surface area contributed by atoms with E-state index in [1.54, 1.807) is 47.6 Å². The van der Waals surface area contributed by atoms with Gasteiger partial charge in [-0.3, -0.25) is 9.59 Å². The summed E-state index contributed by atoms with van der Waals surface area (Å²) in [7, 11) is 2.92. The molecule has 2 N–H and O–H groups in total. The fourth-order valence-electron chi connectivity index (χ4n) is 4.86. The molecule has 40 heavy (non-hydrogen) atoms. The standard InChI is InChI=1S/C28H36ClN3O8/c1-14-11-19(36-8)21(24(33)30-14)32(7)25(34)17-12-18(29)23-22(15(17)2)38-28(6,39-23)20-10-9-16(13-37-20)31-26(35)40-27(3,4)5/h11-12,16,20H,9-10,13H2,1-8H3,(H,30,33)(H,31,35)/t16-,20+,28?/m1/s1. The molecule has 0 spiro atoms. The number of hydrogen-bond acceptors (Lipinski definition) is 8. The summed E-state index contributed by atoms with van der Waals surface area (Å²) in [5.41, 5.74) is 0.362. The van der Waals surface area contributed by atoms with Gasteiger partial charge in [0.1, 0.15) is 17.5 Å². The number of H-pyrrole nitrogens is 1. The Morgan fingerprint density at radius 2 is 1.85 bits per heavy atom. The molecule has 218 valence electrons. The minimum absolute atomic E-state index is 0.0706. The Balaban J connectivity index is 1.51. The molecule has 3 atom stereocenters. The average molecular weight is 578 g/mol. The van der Waals surface area contributed by atoms with Crippen molar-refractivity contribution in [3.8, 4) is 17.2 Å². The number of ether oxygens (including phenoxy) is 5. The Hall–Kier alpha value is -3.44. The summed E-state index contributed by atoms with van der Waals surface area (Å²) in [4.78, 5) is 42.3. The number of carbonyl (C=O) groups excluding carboxylic acids is 2. The van der Waals surface area contributed by atoms with Gasteiger partial charge >= 0.3 is 6.09 Å². The number of aromatic amines is 1. The van der Waals surface area contributed by atoms with Crippen molar-refractivity contribution in [3.05, 3.63) is 44.3 Å². The fourth-order valence-corrected chi connectivity index (χ4v) is 5.09. The number of aromatic nitrogens is 1. The van der Waals surface area contributed by atoms with Gasteiger partial charge < -0.3 is 38.9 Å². The predicted octanol–water partition coefficient (Wildman–Crippen LogP) is 4.49. The smallest absolute Gasteiger partial charge is 0.407 e. The quantitative estimate of drug-likeness (QED) is 0.532. The molecular formula is C28H36ClN3O8. The van der Waals surface area contributed by atoms with Gasteiger partial charge in [-0.15, -0.1) is 0 Å². The van der Waals surface area contributed by atoms with Crippen LogP contribution in [0.1, 0.15) is 62.2 Å². The van der Waals surface area contributed by atoms with Crippen molar-refractivity contribution in [1.82, 2.24) is 10.3 Å². The highest BCUT2D eigenvalue weighted by molar-refractivity contribution is 6.33. The molecule has 0 aliphatic carbocycles. The summed E-state index contributed by atoms with van der Waals surface area (Å²) in [6.07, 6.45) is 0.189. The Kier molecular flexibility index (Phi) is 8.01. The second kappa shape index (κ2) is 10.9. The van der Waals surface area contributed by atoms with Crippen LogP contribution in [0.5, 0.6) is 17.2 Å². The maximum Gasteiger partial charge on any atom is 0.407 e. The van der Waals surface area contributed by atoms with E-state index in [-0.39, 0.29) is 34.7 Å². The number of methoxy groups -OCH3 is 1. The molecule has 0 bridgehead atoms. The zero-order valence-corrected chi connectivity index (χ0v) is 24.8. The van der Waals surface area contributed by atoms with Crippen LogP contribution in [0.4, 0.5) is 10.5 Å². The molecule has 2 aromatic rings. The second-order valence-electron chi connectivity index (χ2n) is 11.2. The lowest BCUT2D eigenvalue weighted by Crippen LogP contribution is -2.54. The van der Waals surface area contributed by atoms with Crippen LogP contribution in [0.2, 0.25) is 5.02 Å². The molecule has 0 saturated carbocycles. The minimum Gasteiger partial charge on any atom is -0.494 e. The molecule has 2 aliphatic rings. The van der Waals surface area contributed by atoms with Gasteiger partial charge in [-0.2, -0.15) is 0 Å². The maximum absolute atomic E-state index is 13.6. The van der Waals surface area contributed by atoms with Crippen molar-refractivity contribution < 1.29 is 33.3 Å². The van der Waals surface area contributed by atoms with Crippen molar-refractivity contribution in [1.29, 1.82) is 0 Å². The van der Waals surface area contributed by atoms with Crippen LogP contribution in [-0.2, 0) is 9.47 Å². The van der Waals surface area contributed by atoms with Crippen molar-refractivity contribution in [2.45, 2.75) is 77.9 Å². The van der Waals surface area contributed by atoms with Crippen LogP contribution in [-0.4, -0.2) is 61.3 Å². The van der Waals surface area contributed by atoms with Gasteiger partial charge in [-0.1, -0.05) is 11.6 Å². The SMILES string of the molecule is COc1cc(C)[nH]c(=O)c1N(C)C(=O)c1cc(Cl)c2c(c1C)OC(C)([C@@H]1CC[C@@H](NC(=O)OC(C)(C)C)CO1)O2. The molecule has 2 aliphatic heterocycles. The molecule has 3 heterocycles. The number of fused-ring (bicyclic) bond motifs is 1. The Morgan fingerprint density at radius 1 is 1.18 bits per heavy atom. The molecular weight excluding hydrogens is 542 g/mol. The third kappa shape index (κ3) is 5.85. The van der Waals surface area contributed by atoms with E-state index in [0.29, 0.717) is 35.6 Å². The summed E-state index contributed by atoms with van der Waals surface area (Å²) in [6, 6.07) is 2.93. The molecule has 2 amide bonds.